The Morgan fingerprint density at radius 2 is 1.76 bits per heavy atom. The first kappa shape index (κ1) is 18.4. The minimum atomic E-state index is -0.771. The van der Waals surface area contributed by atoms with Crippen molar-refractivity contribution in [1.29, 1.82) is 0 Å². The molecule has 5 nitrogen and oxygen atoms in total. The van der Waals surface area contributed by atoms with Crippen molar-refractivity contribution in [2.45, 2.75) is 26.0 Å². The Morgan fingerprint density at radius 1 is 1.08 bits per heavy atom. The van der Waals surface area contributed by atoms with Crippen molar-refractivity contribution in [3.05, 3.63) is 66.0 Å². The van der Waals surface area contributed by atoms with Crippen molar-refractivity contribution in [3.8, 4) is 5.75 Å². The van der Waals surface area contributed by atoms with Gasteiger partial charge in [-0.05, 0) is 36.2 Å². The second-order valence-electron chi connectivity index (χ2n) is 5.34. The molecule has 0 heterocycles. The topological polar surface area (TPSA) is 64.6 Å². The SMILES string of the molecule is CC[C@@H](Oc1ccccc1)C(=O)OCC(=O)NCc1ccc(F)cc1. The molecule has 0 saturated carbocycles. The average Bonchev–Trinajstić information content (AvgIpc) is 2.64. The maximum absolute atomic E-state index is 12.8. The largest absolute Gasteiger partial charge is 0.479 e. The number of halogens is 1. The maximum Gasteiger partial charge on any atom is 0.347 e. The summed E-state index contributed by atoms with van der Waals surface area (Å²) in [7, 11) is 0. The van der Waals surface area contributed by atoms with Gasteiger partial charge in [0.15, 0.2) is 12.7 Å². The molecule has 0 unspecified atom stereocenters. The van der Waals surface area contributed by atoms with Crippen LogP contribution < -0.4 is 10.1 Å². The maximum atomic E-state index is 12.8. The Hall–Kier alpha value is -2.89. The lowest BCUT2D eigenvalue weighted by molar-refractivity contribution is -0.155. The number of hydrogen-bond acceptors (Lipinski definition) is 4. The molecule has 25 heavy (non-hydrogen) atoms. The Morgan fingerprint density at radius 3 is 2.40 bits per heavy atom. The van der Waals surface area contributed by atoms with Gasteiger partial charge in [-0.3, -0.25) is 4.79 Å². The van der Waals surface area contributed by atoms with E-state index in [0.29, 0.717) is 12.2 Å². The molecule has 2 aromatic rings. The molecule has 132 valence electrons. The highest BCUT2D eigenvalue weighted by Gasteiger charge is 2.21. The van der Waals surface area contributed by atoms with Crippen molar-refractivity contribution in [1.82, 2.24) is 5.32 Å². The average molecular weight is 345 g/mol. The van der Waals surface area contributed by atoms with Crippen LogP contribution >= 0.6 is 0 Å². The highest BCUT2D eigenvalue weighted by Crippen LogP contribution is 2.13. The van der Waals surface area contributed by atoms with Crippen molar-refractivity contribution >= 4 is 11.9 Å². The van der Waals surface area contributed by atoms with E-state index in [4.69, 9.17) is 9.47 Å². The van der Waals surface area contributed by atoms with Gasteiger partial charge in [0.25, 0.3) is 5.91 Å². The Balaban J connectivity index is 1.75. The molecule has 0 spiro atoms. The number of para-hydroxylation sites is 1. The fourth-order valence-electron chi connectivity index (χ4n) is 2.04. The normalized spacial score (nSPS) is 11.4. The van der Waals surface area contributed by atoms with E-state index in [9.17, 15) is 14.0 Å². The summed E-state index contributed by atoms with van der Waals surface area (Å²) in [4.78, 5) is 23.8. The number of hydrogen-bond donors (Lipinski definition) is 1. The molecule has 0 aliphatic carbocycles. The standard InChI is InChI=1S/C19H20FNO4/c1-2-17(25-16-6-4-3-5-7-16)19(23)24-13-18(22)21-12-14-8-10-15(20)11-9-14/h3-11,17H,2,12-13H2,1H3,(H,21,22)/t17-/m1/s1. The van der Waals surface area contributed by atoms with Crippen LogP contribution in [0.2, 0.25) is 0 Å². The van der Waals surface area contributed by atoms with Gasteiger partial charge in [-0.15, -0.1) is 0 Å². The van der Waals surface area contributed by atoms with E-state index >= 15 is 0 Å². The van der Waals surface area contributed by atoms with Gasteiger partial charge in [-0.2, -0.15) is 0 Å². The third-order valence-corrected chi connectivity index (χ3v) is 3.40. The number of esters is 1. The Bertz CT molecular complexity index is 688. The van der Waals surface area contributed by atoms with Crippen LogP contribution in [0.3, 0.4) is 0 Å². The van der Waals surface area contributed by atoms with Gasteiger partial charge in [-0.1, -0.05) is 37.3 Å². The first-order valence-corrected chi connectivity index (χ1v) is 7.98. The summed E-state index contributed by atoms with van der Waals surface area (Å²) >= 11 is 0. The van der Waals surface area contributed by atoms with Crippen molar-refractivity contribution < 1.29 is 23.5 Å². The molecule has 0 fully saturated rings. The highest BCUT2D eigenvalue weighted by molar-refractivity contribution is 5.82. The van der Waals surface area contributed by atoms with Gasteiger partial charge < -0.3 is 14.8 Å². The summed E-state index contributed by atoms with van der Waals surface area (Å²) < 4.78 is 23.4. The minimum absolute atomic E-state index is 0.231. The number of benzene rings is 2. The first-order chi connectivity index (χ1) is 12.1. The highest BCUT2D eigenvalue weighted by atomic mass is 19.1. The van der Waals surface area contributed by atoms with E-state index < -0.39 is 24.6 Å². The summed E-state index contributed by atoms with van der Waals surface area (Å²) in [5.74, 6) is -0.810. The summed E-state index contributed by atoms with van der Waals surface area (Å²) in [5, 5.41) is 2.60. The molecule has 0 aromatic heterocycles. The van der Waals surface area contributed by atoms with Crippen LogP contribution in [-0.4, -0.2) is 24.6 Å². The molecule has 0 aliphatic heterocycles. The molecular formula is C19H20FNO4. The molecule has 2 rings (SSSR count). The van der Waals surface area contributed by atoms with E-state index in [2.05, 4.69) is 5.32 Å². The third kappa shape index (κ3) is 6.25. The Kier molecular flexibility index (Phi) is 6.95. The zero-order valence-electron chi connectivity index (χ0n) is 13.9. The number of nitrogens with one attached hydrogen (secondary N) is 1. The molecule has 0 aliphatic rings. The van der Waals surface area contributed by atoms with Crippen LogP contribution in [-0.2, 0) is 20.9 Å². The number of carbonyl (C=O) groups is 2. The van der Waals surface area contributed by atoms with Gasteiger partial charge in [-0.25, -0.2) is 9.18 Å². The van der Waals surface area contributed by atoms with Crippen molar-refractivity contribution in [2.24, 2.45) is 0 Å². The molecule has 6 heteroatoms. The number of amides is 1. The van der Waals surface area contributed by atoms with Gasteiger partial charge in [0.1, 0.15) is 11.6 Å². The summed E-state index contributed by atoms with van der Waals surface area (Å²) in [6.45, 7) is 1.63. The van der Waals surface area contributed by atoms with E-state index in [1.165, 1.54) is 12.1 Å². The molecular weight excluding hydrogens is 325 g/mol. The molecule has 0 bridgehead atoms. The Labute approximate surface area is 145 Å². The smallest absolute Gasteiger partial charge is 0.347 e. The number of ether oxygens (including phenoxy) is 2. The lowest BCUT2D eigenvalue weighted by atomic mass is 10.2. The molecule has 0 radical (unpaired) electrons. The van der Waals surface area contributed by atoms with Crippen LogP contribution in [0.15, 0.2) is 54.6 Å². The summed E-state index contributed by atoms with van der Waals surface area (Å²) in [6, 6.07) is 14.7. The van der Waals surface area contributed by atoms with Crippen LogP contribution in [0.25, 0.3) is 0 Å². The van der Waals surface area contributed by atoms with Gasteiger partial charge in [0.2, 0.25) is 0 Å². The first-order valence-electron chi connectivity index (χ1n) is 7.98. The van der Waals surface area contributed by atoms with Crippen molar-refractivity contribution in [2.75, 3.05) is 6.61 Å². The lowest BCUT2D eigenvalue weighted by Crippen LogP contribution is -2.33. The second kappa shape index (κ2) is 9.42. The van der Waals surface area contributed by atoms with E-state index in [1.54, 1.807) is 43.3 Å². The second-order valence-corrected chi connectivity index (χ2v) is 5.34. The monoisotopic (exact) mass is 345 g/mol. The third-order valence-electron chi connectivity index (χ3n) is 3.40. The quantitative estimate of drug-likeness (QED) is 0.747. The number of carbonyl (C=O) groups excluding carboxylic acids is 2. The zero-order chi connectivity index (χ0) is 18.1. The van der Waals surface area contributed by atoms with Crippen LogP contribution in [0.1, 0.15) is 18.9 Å². The molecule has 1 N–H and O–H groups in total. The predicted molar refractivity (Wildman–Crippen MR) is 90.4 cm³/mol. The van der Waals surface area contributed by atoms with Gasteiger partial charge in [0.05, 0.1) is 0 Å². The fourth-order valence-corrected chi connectivity index (χ4v) is 2.04. The minimum Gasteiger partial charge on any atom is -0.479 e. The van der Waals surface area contributed by atoms with Crippen molar-refractivity contribution in [3.63, 3.8) is 0 Å². The molecule has 2 aromatic carbocycles. The molecule has 1 atom stereocenters. The number of rotatable bonds is 8. The predicted octanol–water partition coefficient (Wildman–Crippen LogP) is 2.84. The molecule has 1 amide bonds. The van der Waals surface area contributed by atoms with Crippen LogP contribution in [0.5, 0.6) is 5.75 Å². The van der Waals surface area contributed by atoms with Crippen LogP contribution in [0.4, 0.5) is 4.39 Å². The zero-order valence-corrected chi connectivity index (χ0v) is 13.9. The van der Waals surface area contributed by atoms with E-state index in [0.717, 1.165) is 5.56 Å². The van der Waals surface area contributed by atoms with Gasteiger partial charge >= 0.3 is 5.97 Å². The molecule has 0 saturated heterocycles. The lowest BCUT2D eigenvalue weighted by Gasteiger charge is -2.16. The summed E-state index contributed by atoms with van der Waals surface area (Å²) in [5.41, 5.74) is 0.750. The van der Waals surface area contributed by atoms with Crippen LogP contribution in [0, 0.1) is 5.82 Å². The van der Waals surface area contributed by atoms with Gasteiger partial charge in [0, 0.05) is 6.54 Å². The fraction of sp³-hybridized carbons (Fsp3) is 0.263. The van der Waals surface area contributed by atoms with E-state index in [1.807, 2.05) is 6.07 Å². The summed E-state index contributed by atoms with van der Waals surface area (Å²) in [6.07, 6.45) is -0.349. The van der Waals surface area contributed by atoms with E-state index in [-0.39, 0.29) is 12.4 Å².